The first kappa shape index (κ1) is 26.6. The first-order valence-corrected chi connectivity index (χ1v) is 12.8. The van der Waals surface area contributed by atoms with Crippen LogP contribution in [0.2, 0.25) is 10.0 Å². The normalized spacial score (nSPS) is 14.7. The Morgan fingerprint density at radius 3 is 2.54 bits per heavy atom. The molecule has 11 heteroatoms. The van der Waals surface area contributed by atoms with E-state index in [1.165, 1.54) is 30.3 Å². The van der Waals surface area contributed by atoms with E-state index in [9.17, 15) is 14.7 Å². The van der Waals surface area contributed by atoms with Crippen molar-refractivity contribution >= 4 is 40.8 Å². The smallest absolute Gasteiger partial charge is 0.307 e. The van der Waals surface area contributed by atoms with Gasteiger partial charge in [0.25, 0.3) is 5.91 Å². The number of carboxylic acid groups (broad SMARTS) is 1. The average molecular weight is 569 g/mol. The number of carbonyl (C=O) groups excluding carboxylic acids is 1. The number of methoxy groups -OCH3 is 1. The number of aliphatic carboxylic acids is 1. The first-order chi connectivity index (χ1) is 18.6. The molecule has 0 saturated heterocycles. The fraction of sp³-hybridized carbons (Fsp3) is 0.214. The van der Waals surface area contributed by atoms with Crippen molar-refractivity contribution in [2.75, 3.05) is 12.0 Å². The second-order valence-electron chi connectivity index (χ2n) is 9.31. The summed E-state index contributed by atoms with van der Waals surface area (Å²) in [6.45, 7) is 3.86. The Bertz CT molecular complexity index is 1600. The number of hydrogen-bond acceptors (Lipinski definition) is 5. The number of hydrogen-bond donors (Lipinski definition) is 1. The highest BCUT2D eigenvalue weighted by molar-refractivity contribution is 6.31. The number of carbonyl (C=O) groups is 2. The van der Waals surface area contributed by atoms with Gasteiger partial charge < -0.3 is 14.4 Å². The number of anilines is 1. The van der Waals surface area contributed by atoms with E-state index in [1.807, 2.05) is 18.4 Å². The van der Waals surface area contributed by atoms with E-state index in [4.69, 9.17) is 32.9 Å². The molecule has 0 spiro atoms. The molecule has 1 aliphatic heterocycles. The first-order valence-electron chi connectivity index (χ1n) is 12.0. The SMILES string of the molecule is COc1ncc(CC(=O)O)cc1-c1nc2c(n1C(C)C)C(c1ccc(Cl)cc1)N(c1cccc(Cl)c1F)C2=O. The van der Waals surface area contributed by atoms with Crippen LogP contribution in [-0.2, 0) is 11.2 Å². The topological polar surface area (TPSA) is 97.6 Å². The molecule has 0 radical (unpaired) electrons. The van der Waals surface area contributed by atoms with Crippen LogP contribution in [0.3, 0.4) is 0 Å². The molecule has 2 aromatic carbocycles. The predicted octanol–water partition coefficient (Wildman–Crippen LogP) is 6.36. The van der Waals surface area contributed by atoms with Crippen LogP contribution in [0.15, 0.2) is 54.7 Å². The highest BCUT2D eigenvalue weighted by Crippen LogP contribution is 2.46. The lowest BCUT2D eigenvalue weighted by Gasteiger charge is -2.29. The van der Waals surface area contributed by atoms with E-state index in [0.29, 0.717) is 33.2 Å². The Hall–Kier alpha value is -3.95. The van der Waals surface area contributed by atoms with Gasteiger partial charge in [-0.15, -0.1) is 0 Å². The number of fused-ring (bicyclic) bond motifs is 1. The Labute approximate surface area is 233 Å². The van der Waals surface area contributed by atoms with Gasteiger partial charge in [-0.3, -0.25) is 14.5 Å². The summed E-state index contributed by atoms with van der Waals surface area (Å²) in [5.41, 5.74) is 2.25. The standard InChI is InChI=1S/C28H23Cl2FN4O4/c1-14(2)34-25-23(33-26(34)18-11-15(12-21(36)37)13-32-27(18)39-3)28(38)35(20-6-4-5-19(30)22(20)31)24(25)16-7-9-17(29)10-8-16/h4-11,13-14,24H,12H2,1-3H3,(H,36,37). The second kappa shape index (κ2) is 10.3. The third-order valence-corrected chi connectivity index (χ3v) is 7.02. The molecule has 0 bridgehead atoms. The molecule has 39 heavy (non-hydrogen) atoms. The molecule has 0 saturated carbocycles. The monoisotopic (exact) mass is 568 g/mol. The lowest BCUT2D eigenvalue weighted by molar-refractivity contribution is -0.136. The number of halogens is 3. The number of nitrogens with zero attached hydrogens (tertiary/aromatic N) is 4. The molecule has 2 aromatic heterocycles. The van der Waals surface area contributed by atoms with E-state index < -0.39 is 23.7 Å². The number of amides is 1. The highest BCUT2D eigenvalue weighted by Gasteiger charge is 2.46. The van der Waals surface area contributed by atoms with Crippen molar-refractivity contribution < 1.29 is 23.8 Å². The van der Waals surface area contributed by atoms with Gasteiger partial charge >= 0.3 is 5.97 Å². The van der Waals surface area contributed by atoms with Crippen LogP contribution < -0.4 is 9.64 Å². The number of benzene rings is 2. The number of imidazole rings is 1. The molecular formula is C28H23Cl2FN4O4. The fourth-order valence-corrected chi connectivity index (χ4v) is 5.19. The number of carboxylic acids is 1. The summed E-state index contributed by atoms with van der Waals surface area (Å²) < 4.78 is 22.7. The fourth-order valence-electron chi connectivity index (χ4n) is 4.90. The van der Waals surface area contributed by atoms with Gasteiger partial charge in [-0.25, -0.2) is 14.4 Å². The Balaban J connectivity index is 1.79. The van der Waals surface area contributed by atoms with Gasteiger partial charge in [0.2, 0.25) is 5.88 Å². The zero-order valence-corrected chi connectivity index (χ0v) is 22.7. The van der Waals surface area contributed by atoms with Crippen LogP contribution in [0.5, 0.6) is 5.88 Å². The Kier molecular flexibility index (Phi) is 7.05. The molecule has 1 aliphatic rings. The second-order valence-corrected chi connectivity index (χ2v) is 10.1. The van der Waals surface area contributed by atoms with Gasteiger partial charge in [0, 0.05) is 17.3 Å². The molecule has 4 aromatic rings. The summed E-state index contributed by atoms with van der Waals surface area (Å²) in [7, 11) is 1.45. The zero-order valence-electron chi connectivity index (χ0n) is 21.2. The minimum Gasteiger partial charge on any atom is -0.481 e. The van der Waals surface area contributed by atoms with E-state index in [-0.39, 0.29) is 34.7 Å². The van der Waals surface area contributed by atoms with Crippen LogP contribution in [-0.4, -0.2) is 38.6 Å². The van der Waals surface area contributed by atoms with Crippen LogP contribution in [0.4, 0.5) is 10.1 Å². The van der Waals surface area contributed by atoms with Gasteiger partial charge in [0.05, 0.1) is 35.5 Å². The quantitative estimate of drug-likeness (QED) is 0.278. The average Bonchev–Trinajstić information content (AvgIpc) is 3.41. The third-order valence-electron chi connectivity index (χ3n) is 6.48. The van der Waals surface area contributed by atoms with Crippen LogP contribution in [0.25, 0.3) is 11.4 Å². The summed E-state index contributed by atoms with van der Waals surface area (Å²) in [4.78, 5) is 35.7. The summed E-state index contributed by atoms with van der Waals surface area (Å²) >= 11 is 12.3. The highest BCUT2D eigenvalue weighted by atomic mass is 35.5. The van der Waals surface area contributed by atoms with Crippen LogP contribution >= 0.6 is 23.2 Å². The molecule has 8 nitrogen and oxygen atoms in total. The Morgan fingerprint density at radius 1 is 1.18 bits per heavy atom. The van der Waals surface area contributed by atoms with E-state index in [0.717, 1.165) is 0 Å². The maximum absolute atomic E-state index is 15.3. The van der Waals surface area contributed by atoms with Crippen molar-refractivity contribution in [2.24, 2.45) is 0 Å². The van der Waals surface area contributed by atoms with E-state index in [1.54, 1.807) is 36.4 Å². The largest absolute Gasteiger partial charge is 0.481 e. The van der Waals surface area contributed by atoms with Gasteiger partial charge in [0.1, 0.15) is 11.9 Å². The van der Waals surface area contributed by atoms with Crippen LogP contribution in [0.1, 0.15) is 53.2 Å². The molecule has 1 N–H and O–H groups in total. The maximum Gasteiger partial charge on any atom is 0.307 e. The molecule has 1 atom stereocenters. The molecular weight excluding hydrogens is 546 g/mol. The minimum atomic E-state index is -1.01. The number of rotatable bonds is 7. The summed E-state index contributed by atoms with van der Waals surface area (Å²) in [5, 5.41) is 9.70. The predicted molar refractivity (Wildman–Crippen MR) is 145 cm³/mol. The van der Waals surface area contributed by atoms with Crippen molar-refractivity contribution in [3.63, 3.8) is 0 Å². The molecule has 1 unspecified atom stereocenters. The van der Waals surface area contributed by atoms with Gasteiger partial charge in [0.15, 0.2) is 11.5 Å². The van der Waals surface area contributed by atoms with Crippen molar-refractivity contribution in [2.45, 2.75) is 32.4 Å². The molecule has 0 aliphatic carbocycles. The number of ether oxygens (including phenoxy) is 1. The molecule has 1 amide bonds. The van der Waals surface area contributed by atoms with E-state index in [2.05, 4.69) is 4.98 Å². The summed E-state index contributed by atoms with van der Waals surface area (Å²) in [6.07, 6.45) is 1.18. The van der Waals surface area contributed by atoms with Gasteiger partial charge in [-0.05, 0) is 55.3 Å². The summed E-state index contributed by atoms with van der Waals surface area (Å²) in [6, 6.07) is 12.1. The molecule has 3 heterocycles. The van der Waals surface area contributed by atoms with Crippen molar-refractivity contribution in [3.8, 4) is 17.3 Å². The maximum atomic E-state index is 15.3. The zero-order chi connectivity index (χ0) is 28.0. The lowest BCUT2D eigenvalue weighted by atomic mass is 10.0. The lowest BCUT2D eigenvalue weighted by Crippen LogP contribution is -2.31. The van der Waals surface area contributed by atoms with Crippen molar-refractivity contribution in [1.82, 2.24) is 14.5 Å². The molecule has 0 fully saturated rings. The van der Waals surface area contributed by atoms with E-state index >= 15 is 4.39 Å². The number of aromatic nitrogens is 3. The Morgan fingerprint density at radius 2 is 1.90 bits per heavy atom. The summed E-state index contributed by atoms with van der Waals surface area (Å²) in [5.74, 6) is -1.64. The van der Waals surface area contributed by atoms with Gasteiger partial charge in [-0.2, -0.15) is 0 Å². The van der Waals surface area contributed by atoms with Crippen LogP contribution in [0, 0.1) is 5.82 Å². The minimum absolute atomic E-state index is 0.0185. The molecule has 5 rings (SSSR count). The van der Waals surface area contributed by atoms with Crippen molar-refractivity contribution in [1.29, 1.82) is 0 Å². The third kappa shape index (κ3) is 4.62. The molecule has 200 valence electrons. The number of pyridine rings is 1. The van der Waals surface area contributed by atoms with Gasteiger partial charge in [-0.1, -0.05) is 41.4 Å². The van der Waals surface area contributed by atoms with Crippen molar-refractivity contribution in [3.05, 3.63) is 93.1 Å².